The molecule has 2 rings (SSSR count). The van der Waals surface area contributed by atoms with Gasteiger partial charge in [-0.15, -0.1) is 0 Å². The topological polar surface area (TPSA) is 117 Å². The SMILES string of the molecule is CC(=O)Nc1ccc(C(=O)NC(=CC(=O)NN)c2ccc(N(C)C)cc2)cc1. The minimum Gasteiger partial charge on any atom is -0.378 e. The van der Waals surface area contributed by atoms with Gasteiger partial charge in [-0.1, -0.05) is 12.1 Å². The van der Waals surface area contributed by atoms with Crippen LogP contribution in [0.15, 0.2) is 54.6 Å². The van der Waals surface area contributed by atoms with E-state index in [4.69, 9.17) is 5.84 Å². The van der Waals surface area contributed by atoms with Gasteiger partial charge in [0.2, 0.25) is 5.91 Å². The zero-order valence-electron chi connectivity index (χ0n) is 15.9. The van der Waals surface area contributed by atoms with Crippen LogP contribution in [0.3, 0.4) is 0 Å². The van der Waals surface area contributed by atoms with E-state index in [1.165, 1.54) is 13.0 Å². The fourth-order valence-electron chi connectivity index (χ4n) is 2.41. The number of anilines is 2. The summed E-state index contributed by atoms with van der Waals surface area (Å²) in [6, 6.07) is 13.7. The molecule has 146 valence electrons. The molecule has 8 nitrogen and oxygen atoms in total. The minimum absolute atomic E-state index is 0.198. The highest BCUT2D eigenvalue weighted by Crippen LogP contribution is 2.18. The molecule has 0 bridgehead atoms. The molecule has 8 heteroatoms. The second-order valence-corrected chi connectivity index (χ2v) is 6.22. The number of benzene rings is 2. The summed E-state index contributed by atoms with van der Waals surface area (Å²) >= 11 is 0. The van der Waals surface area contributed by atoms with E-state index in [2.05, 4.69) is 10.6 Å². The van der Waals surface area contributed by atoms with E-state index in [-0.39, 0.29) is 5.91 Å². The lowest BCUT2D eigenvalue weighted by Gasteiger charge is -2.15. The number of nitrogens with zero attached hydrogens (tertiary/aromatic N) is 1. The van der Waals surface area contributed by atoms with E-state index >= 15 is 0 Å². The van der Waals surface area contributed by atoms with E-state index in [1.54, 1.807) is 36.4 Å². The maximum absolute atomic E-state index is 12.6. The molecule has 0 aromatic heterocycles. The molecule has 0 unspecified atom stereocenters. The zero-order chi connectivity index (χ0) is 20.7. The van der Waals surface area contributed by atoms with Gasteiger partial charge in [0.15, 0.2) is 0 Å². The molecule has 0 saturated heterocycles. The molecule has 0 aliphatic rings. The summed E-state index contributed by atoms with van der Waals surface area (Å²) in [7, 11) is 3.83. The van der Waals surface area contributed by atoms with Gasteiger partial charge in [-0.25, -0.2) is 5.84 Å². The van der Waals surface area contributed by atoms with E-state index < -0.39 is 11.8 Å². The third kappa shape index (κ3) is 5.68. The Balaban J connectivity index is 2.24. The van der Waals surface area contributed by atoms with Gasteiger partial charge in [0.05, 0.1) is 5.70 Å². The van der Waals surface area contributed by atoms with Gasteiger partial charge < -0.3 is 15.5 Å². The molecule has 0 spiro atoms. The third-order valence-electron chi connectivity index (χ3n) is 3.83. The predicted molar refractivity (Wildman–Crippen MR) is 109 cm³/mol. The lowest BCUT2D eigenvalue weighted by atomic mass is 10.1. The molecule has 2 aromatic carbocycles. The van der Waals surface area contributed by atoms with Crippen LogP contribution in [0.2, 0.25) is 0 Å². The highest BCUT2D eigenvalue weighted by Gasteiger charge is 2.12. The van der Waals surface area contributed by atoms with Crippen molar-refractivity contribution < 1.29 is 14.4 Å². The lowest BCUT2D eigenvalue weighted by molar-refractivity contribution is -0.116. The Bertz CT molecular complexity index is 887. The van der Waals surface area contributed by atoms with Crippen LogP contribution in [0.5, 0.6) is 0 Å². The number of hydrazine groups is 1. The smallest absolute Gasteiger partial charge is 0.259 e. The molecule has 0 aliphatic carbocycles. The monoisotopic (exact) mass is 381 g/mol. The van der Waals surface area contributed by atoms with Gasteiger partial charge in [-0.05, 0) is 42.0 Å². The second-order valence-electron chi connectivity index (χ2n) is 6.22. The second kappa shape index (κ2) is 9.33. The summed E-state index contributed by atoms with van der Waals surface area (Å²) in [5, 5.41) is 5.36. The molecule has 0 heterocycles. The van der Waals surface area contributed by atoms with Crippen LogP contribution >= 0.6 is 0 Å². The molecule has 0 fully saturated rings. The first-order valence-corrected chi connectivity index (χ1v) is 8.49. The number of carbonyl (C=O) groups excluding carboxylic acids is 3. The van der Waals surface area contributed by atoms with Crippen molar-refractivity contribution in [3.8, 4) is 0 Å². The molecule has 0 atom stereocenters. The van der Waals surface area contributed by atoms with Crippen LogP contribution < -0.4 is 26.8 Å². The molecule has 5 N–H and O–H groups in total. The fourth-order valence-corrected chi connectivity index (χ4v) is 2.41. The maximum atomic E-state index is 12.6. The molecule has 28 heavy (non-hydrogen) atoms. The van der Waals surface area contributed by atoms with E-state index in [0.29, 0.717) is 22.5 Å². The minimum atomic E-state index is -0.548. The van der Waals surface area contributed by atoms with Crippen LogP contribution in [0.1, 0.15) is 22.8 Å². The quantitative estimate of drug-likeness (QED) is 0.262. The fraction of sp³-hybridized carbons (Fsp3) is 0.150. The van der Waals surface area contributed by atoms with E-state index in [9.17, 15) is 14.4 Å². The Labute approximate surface area is 163 Å². The Hall–Kier alpha value is -3.65. The van der Waals surface area contributed by atoms with E-state index in [0.717, 1.165) is 5.69 Å². The number of nitrogens with two attached hydrogens (primary N) is 1. The van der Waals surface area contributed by atoms with Crippen molar-refractivity contribution in [3.63, 3.8) is 0 Å². The number of hydrogen-bond donors (Lipinski definition) is 4. The maximum Gasteiger partial charge on any atom is 0.259 e. The number of rotatable bonds is 6. The van der Waals surface area contributed by atoms with E-state index in [1.807, 2.05) is 36.6 Å². The van der Waals surface area contributed by atoms with Crippen LogP contribution in [0.25, 0.3) is 5.70 Å². The van der Waals surface area contributed by atoms with Crippen molar-refractivity contribution in [2.45, 2.75) is 6.92 Å². The van der Waals surface area contributed by atoms with Crippen LogP contribution in [0.4, 0.5) is 11.4 Å². The predicted octanol–water partition coefficient (Wildman–Crippen LogP) is 1.47. The summed E-state index contributed by atoms with van der Waals surface area (Å²) in [6.07, 6.45) is 1.22. The summed E-state index contributed by atoms with van der Waals surface area (Å²) in [5.74, 6) is 4.02. The Kier molecular flexibility index (Phi) is 6.89. The van der Waals surface area contributed by atoms with Gasteiger partial charge in [0, 0.05) is 44.0 Å². The van der Waals surface area contributed by atoms with Gasteiger partial charge in [0.1, 0.15) is 0 Å². The molecule has 2 aromatic rings. The Morgan fingerprint density at radius 2 is 1.50 bits per heavy atom. The summed E-state index contributed by atoms with van der Waals surface area (Å²) in [5.41, 5.74) is 4.91. The number of hydrogen-bond acceptors (Lipinski definition) is 5. The molecule has 3 amide bonds. The van der Waals surface area contributed by atoms with Gasteiger partial charge >= 0.3 is 0 Å². The Morgan fingerprint density at radius 3 is 2.00 bits per heavy atom. The first-order chi connectivity index (χ1) is 13.3. The normalized spacial score (nSPS) is 10.8. The van der Waals surface area contributed by atoms with Crippen LogP contribution in [0, 0.1) is 0 Å². The van der Waals surface area contributed by atoms with Crippen molar-refractivity contribution >= 4 is 34.8 Å². The first-order valence-electron chi connectivity index (χ1n) is 8.49. The van der Waals surface area contributed by atoms with Crippen molar-refractivity contribution in [2.24, 2.45) is 5.84 Å². The number of nitrogens with one attached hydrogen (secondary N) is 3. The van der Waals surface area contributed by atoms with Crippen LogP contribution in [-0.4, -0.2) is 31.8 Å². The van der Waals surface area contributed by atoms with Crippen molar-refractivity contribution in [1.82, 2.24) is 10.7 Å². The molecular weight excluding hydrogens is 358 g/mol. The molecule has 0 saturated carbocycles. The standard InChI is InChI=1S/C20H23N5O3/c1-13(26)22-16-8-4-15(5-9-16)20(28)23-18(12-19(27)24-21)14-6-10-17(11-7-14)25(2)3/h4-12H,21H2,1-3H3,(H,22,26)(H,23,28)(H,24,27). The molecule has 0 aliphatic heterocycles. The average molecular weight is 381 g/mol. The lowest BCUT2D eigenvalue weighted by Crippen LogP contribution is -2.30. The summed E-state index contributed by atoms with van der Waals surface area (Å²) in [6.45, 7) is 1.40. The Morgan fingerprint density at radius 1 is 0.929 bits per heavy atom. The number of amides is 3. The molecule has 0 radical (unpaired) electrons. The van der Waals surface area contributed by atoms with Gasteiger partial charge in [-0.3, -0.25) is 19.8 Å². The third-order valence-corrected chi connectivity index (χ3v) is 3.83. The summed E-state index contributed by atoms with van der Waals surface area (Å²) in [4.78, 5) is 37.3. The van der Waals surface area contributed by atoms with Gasteiger partial charge in [0.25, 0.3) is 11.8 Å². The largest absolute Gasteiger partial charge is 0.378 e. The first kappa shape index (κ1) is 20.7. The zero-order valence-corrected chi connectivity index (χ0v) is 15.9. The highest BCUT2D eigenvalue weighted by molar-refractivity contribution is 6.03. The van der Waals surface area contributed by atoms with Crippen molar-refractivity contribution in [3.05, 3.63) is 65.7 Å². The highest BCUT2D eigenvalue weighted by atomic mass is 16.2. The molecular formula is C20H23N5O3. The van der Waals surface area contributed by atoms with Crippen molar-refractivity contribution in [2.75, 3.05) is 24.3 Å². The van der Waals surface area contributed by atoms with Crippen molar-refractivity contribution in [1.29, 1.82) is 0 Å². The average Bonchev–Trinajstić information content (AvgIpc) is 2.67. The van der Waals surface area contributed by atoms with Crippen LogP contribution in [-0.2, 0) is 9.59 Å². The summed E-state index contributed by atoms with van der Waals surface area (Å²) < 4.78 is 0. The van der Waals surface area contributed by atoms with Gasteiger partial charge in [-0.2, -0.15) is 0 Å². The number of carbonyl (C=O) groups is 3.